The lowest BCUT2D eigenvalue weighted by Gasteiger charge is -2.11. The third kappa shape index (κ3) is 2.32. The third-order valence-corrected chi connectivity index (χ3v) is 2.51. The largest absolute Gasteiger partial charge is 0.0654 e. The van der Waals surface area contributed by atoms with Gasteiger partial charge in [-0.3, -0.25) is 0 Å². The van der Waals surface area contributed by atoms with Crippen molar-refractivity contribution in [2.75, 3.05) is 0 Å². The van der Waals surface area contributed by atoms with Crippen molar-refractivity contribution < 1.29 is 0 Å². The Kier molecular flexibility index (Phi) is 3.24. The highest BCUT2D eigenvalue weighted by atomic mass is 14.3. The summed E-state index contributed by atoms with van der Waals surface area (Å²) in [4.78, 5) is 0. The lowest BCUT2D eigenvalue weighted by molar-refractivity contribution is 0.498. The topological polar surface area (TPSA) is 0 Å². The van der Waals surface area contributed by atoms with Crippen LogP contribution in [0.5, 0.6) is 0 Å². The van der Waals surface area contributed by atoms with E-state index < -0.39 is 0 Å². The highest BCUT2D eigenvalue weighted by Gasteiger charge is 2.29. The second-order valence-electron chi connectivity index (χ2n) is 3.41. The Labute approximate surface area is 65.0 Å². The molecule has 0 heteroatoms. The SMILES string of the molecule is CCCCC(CC)[C]1CC1. The second kappa shape index (κ2) is 4.00. The van der Waals surface area contributed by atoms with E-state index in [1.807, 2.05) is 5.92 Å². The fraction of sp³-hybridized carbons (Fsp3) is 0.900. The Balaban J connectivity index is 2.07. The fourth-order valence-electron chi connectivity index (χ4n) is 1.63. The molecule has 0 spiro atoms. The maximum absolute atomic E-state index is 2.33. The molecular weight excluding hydrogens is 120 g/mol. The number of unbranched alkanes of at least 4 members (excludes halogenated alkanes) is 1. The van der Waals surface area contributed by atoms with Gasteiger partial charge in [-0.25, -0.2) is 0 Å². The molecule has 1 radical (unpaired) electrons. The summed E-state index contributed by atoms with van der Waals surface area (Å²) in [6.45, 7) is 4.61. The van der Waals surface area contributed by atoms with Crippen molar-refractivity contribution in [3.63, 3.8) is 0 Å². The molecule has 0 N–H and O–H groups in total. The first-order valence-electron chi connectivity index (χ1n) is 4.73. The van der Waals surface area contributed by atoms with E-state index in [2.05, 4.69) is 13.8 Å². The molecule has 0 amide bonds. The molecule has 1 aliphatic carbocycles. The first kappa shape index (κ1) is 8.10. The summed E-state index contributed by atoms with van der Waals surface area (Å²) in [7, 11) is 0. The molecule has 0 nitrogen and oxygen atoms in total. The van der Waals surface area contributed by atoms with Crippen LogP contribution in [0.25, 0.3) is 0 Å². The smallest absolute Gasteiger partial charge is 0.0210 e. The van der Waals surface area contributed by atoms with Crippen LogP contribution in [0.3, 0.4) is 0 Å². The van der Waals surface area contributed by atoms with Crippen molar-refractivity contribution >= 4 is 0 Å². The number of hydrogen-bond donors (Lipinski definition) is 0. The molecule has 0 aromatic carbocycles. The maximum atomic E-state index is 2.33. The van der Waals surface area contributed by atoms with Gasteiger partial charge in [0.1, 0.15) is 0 Å². The standard InChI is InChI=1S/C10H19/c1-3-5-6-9(4-2)10-7-8-10/h9H,3-8H2,1-2H3. The van der Waals surface area contributed by atoms with Gasteiger partial charge in [-0.1, -0.05) is 33.1 Å². The van der Waals surface area contributed by atoms with E-state index in [-0.39, 0.29) is 0 Å². The predicted octanol–water partition coefficient (Wildman–Crippen LogP) is 3.57. The summed E-state index contributed by atoms with van der Waals surface area (Å²) in [6, 6.07) is 0. The monoisotopic (exact) mass is 139 g/mol. The van der Waals surface area contributed by atoms with Crippen molar-refractivity contribution in [2.24, 2.45) is 5.92 Å². The summed E-state index contributed by atoms with van der Waals surface area (Å²) in [6.07, 6.45) is 8.54. The van der Waals surface area contributed by atoms with Crippen LogP contribution in [0, 0.1) is 11.8 Å². The van der Waals surface area contributed by atoms with Gasteiger partial charge < -0.3 is 0 Å². The molecule has 0 bridgehead atoms. The van der Waals surface area contributed by atoms with Crippen molar-refractivity contribution in [2.45, 2.75) is 52.4 Å². The molecule has 1 unspecified atom stereocenters. The molecule has 0 aliphatic heterocycles. The Morgan fingerprint density at radius 1 is 1.30 bits per heavy atom. The van der Waals surface area contributed by atoms with Crippen LogP contribution in [-0.2, 0) is 0 Å². The molecule has 1 aliphatic rings. The van der Waals surface area contributed by atoms with E-state index in [4.69, 9.17) is 0 Å². The lowest BCUT2D eigenvalue weighted by atomic mass is 9.94. The van der Waals surface area contributed by atoms with Gasteiger partial charge in [0.15, 0.2) is 0 Å². The average Bonchev–Trinajstić information content (AvgIpc) is 2.73. The molecule has 0 heterocycles. The van der Waals surface area contributed by atoms with E-state index in [0.29, 0.717) is 0 Å². The zero-order valence-electron chi connectivity index (χ0n) is 7.32. The Hall–Kier alpha value is 0. The highest BCUT2D eigenvalue weighted by Crippen LogP contribution is 2.43. The number of rotatable bonds is 5. The molecule has 1 saturated carbocycles. The van der Waals surface area contributed by atoms with Gasteiger partial charge in [0, 0.05) is 0 Å². The summed E-state index contributed by atoms with van der Waals surface area (Å²) in [5.74, 6) is 2.86. The number of hydrogen-bond acceptors (Lipinski definition) is 0. The van der Waals surface area contributed by atoms with E-state index in [9.17, 15) is 0 Å². The van der Waals surface area contributed by atoms with Crippen LogP contribution in [0.1, 0.15) is 52.4 Å². The molecule has 0 aromatic heterocycles. The molecular formula is C10H19. The molecule has 59 valence electrons. The second-order valence-corrected chi connectivity index (χ2v) is 3.41. The molecule has 10 heavy (non-hydrogen) atoms. The van der Waals surface area contributed by atoms with Gasteiger partial charge in [-0.05, 0) is 31.1 Å². The van der Waals surface area contributed by atoms with E-state index in [1.165, 1.54) is 38.5 Å². The Bertz CT molecular complexity index is 82.0. The first-order valence-corrected chi connectivity index (χ1v) is 4.73. The quantitative estimate of drug-likeness (QED) is 0.546. The zero-order chi connectivity index (χ0) is 7.40. The van der Waals surface area contributed by atoms with E-state index in [0.717, 1.165) is 5.92 Å². The van der Waals surface area contributed by atoms with Gasteiger partial charge in [0.25, 0.3) is 0 Å². The minimum absolute atomic E-state index is 1.000. The van der Waals surface area contributed by atoms with E-state index in [1.54, 1.807) is 0 Å². The van der Waals surface area contributed by atoms with Crippen LogP contribution >= 0.6 is 0 Å². The summed E-state index contributed by atoms with van der Waals surface area (Å²) in [5, 5.41) is 0. The van der Waals surface area contributed by atoms with Crippen LogP contribution in [0.15, 0.2) is 0 Å². The molecule has 0 aromatic rings. The van der Waals surface area contributed by atoms with E-state index >= 15 is 0 Å². The maximum Gasteiger partial charge on any atom is -0.0210 e. The van der Waals surface area contributed by atoms with Gasteiger partial charge in [0.2, 0.25) is 0 Å². The van der Waals surface area contributed by atoms with Gasteiger partial charge in [0.05, 0.1) is 0 Å². The Morgan fingerprint density at radius 3 is 2.40 bits per heavy atom. The van der Waals surface area contributed by atoms with Gasteiger partial charge in [-0.2, -0.15) is 0 Å². The molecule has 1 fully saturated rings. The van der Waals surface area contributed by atoms with Crippen LogP contribution in [0.4, 0.5) is 0 Å². The fourth-order valence-corrected chi connectivity index (χ4v) is 1.63. The predicted molar refractivity (Wildman–Crippen MR) is 45.8 cm³/mol. The van der Waals surface area contributed by atoms with Gasteiger partial charge >= 0.3 is 0 Å². The summed E-state index contributed by atoms with van der Waals surface area (Å²) < 4.78 is 0. The Morgan fingerprint density at radius 2 is 2.00 bits per heavy atom. The summed E-state index contributed by atoms with van der Waals surface area (Å²) in [5.41, 5.74) is 0. The minimum atomic E-state index is 1.000. The van der Waals surface area contributed by atoms with Crippen LogP contribution in [0.2, 0.25) is 0 Å². The summed E-state index contributed by atoms with van der Waals surface area (Å²) >= 11 is 0. The first-order chi connectivity index (χ1) is 4.88. The minimum Gasteiger partial charge on any atom is -0.0654 e. The zero-order valence-corrected chi connectivity index (χ0v) is 7.32. The molecule has 0 saturated heterocycles. The van der Waals surface area contributed by atoms with Crippen molar-refractivity contribution in [1.82, 2.24) is 0 Å². The third-order valence-electron chi connectivity index (χ3n) is 2.51. The van der Waals surface area contributed by atoms with Crippen molar-refractivity contribution in [3.05, 3.63) is 5.92 Å². The average molecular weight is 139 g/mol. The molecule has 1 atom stereocenters. The van der Waals surface area contributed by atoms with Crippen molar-refractivity contribution in [1.29, 1.82) is 0 Å². The molecule has 1 rings (SSSR count). The van der Waals surface area contributed by atoms with Crippen LogP contribution < -0.4 is 0 Å². The van der Waals surface area contributed by atoms with Crippen LogP contribution in [-0.4, -0.2) is 0 Å². The lowest BCUT2D eigenvalue weighted by Crippen LogP contribution is -1.98. The van der Waals surface area contributed by atoms with Crippen molar-refractivity contribution in [3.8, 4) is 0 Å². The highest BCUT2D eigenvalue weighted by molar-refractivity contribution is 5.09. The van der Waals surface area contributed by atoms with Gasteiger partial charge in [-0.15, -0.1) is 0 Å². The normalized spacial score (nSPS) is 21.0.